The summed E-state index contributed by atoms with van der Waals surface area (Å²) in [6, 6.07) is 0.916. The van der Waals surface area contributed by atoms with Crippen molar-refractivity contribution in [2.24, 2.45) is 5.73 Å². The van der Waals surface area contributed by atoms with E-state index in [2.05, 4.69) is 35.1 Å². The third kappa shape index (κ3) is 7.38. The van der Waals surface area contributed by atoms with Gasteiger partial charge in [-0.2, -0.15) is 0 Å². The summed E-state index contributed by atoms with van der Waals surface area (Å²) in [5.74, 6) is 0. The van der Waals surface area contributed by atoms with Crippen molar-refractivity contribution in [3.05, 3.63) is 0 Å². The molecule has 0 amide bonds. The number of rotatable bonds is 1. The predicted octanol–water partition coefficient (Wildman–Crippen LogP) is -0.190. The maximum absolute atomic E-state index is 4.71. The van der Waals surface area contributed by atoms with Crippen LogP contribution < -0.4 is 11.1 Å². The molecule has 2 saturated heterocycles. The molecule has 2 aliphatic heterocycles. The number of hydrogen-bond acceptors (Lipinski definition) is 3. The zero-order chi connectivity index (χ0) is 11.1. The first-order valence-corrected chi connectivity index (χ1v) is 6.49. The van der Waals surface area contributed by atoms with E-state index in [1.807, 2.05) is 0 Å². The predicted molar refractivity (Wildman–Crippen MR) is 82.4 cm³/mol. The maximum atomic E-state index is 4.71. The van der Waals surface area contributed by atoms with Gasteiger partial charge in [0.15, 0.2) is 0 Å². The molecule has 0 saturated carbocycles. The van der Waals surface area contributed by atoms with Gasteiger partial charge < -0.3 is 16.0 Å². The van der Waals surface area contributed by atoms with Crippen molar-refractivity contribution in [2.45, 2.75) is 31.7 Å². The number of piperidine rings is 1. The normalized spacial score (nSPS) is 21.8. The number of nitrogens with one attached hydrogen (secondary N) is 1. The molecule has 0 aromatic heterocycles. The van der Waals surface area contributed by atoms with Gasteiger partial charge in [0.2, 0.25) is 0 Å². The Balaban J connectivity index is 0.000000397. The van der Waals surface area contributed by atoms with Gasteiger partial charge in [0.1, 0.15) is 4.32 Å². The van der Waals surface area contributed by atoms with Gasteiger partial charge >= 0.3 is 26.2 Å². The van der Waals surface area contributed by atoms with Crippen molar-refractivity contribution in [2.75, 3.05) is 26.2 Å². The molecule has 3 nitrogen and oxygen atoms in total. The molecule has 2 fully saturated rings. The van der Waals surface area contributed by atoms with E-state index < -0.39 is 0 Å². The van der Waals surface area contributed by atoms with Crippen LogP contribution in [0.4, 0.5) is 0 Å². The fraction of sp³-hybridized carbons (Fsp3) is 0.900. The van der Waals surface area contributed by atoms with Gasteiger partial charge in [0.05, 0.1) is 0 Å². The number of hydrogen-bond donors (Lipinski definition) is 3. The molecule has 2 aliphatic rings. The van der Waals surface area contributed by atoms with Crippen molar-refractivity contribution >= 4 is 55.4 Å². The minimum absolute atomic E-state index is 0. The summed E-state index contributed by atoms with van der Waals surface area (Å²) in [7, 11) is 0. The second-order valence-corrected chi connectivity index (χ2v) is 5.29. The minimum atomic E-state index is 0. The summed E-state index contributed by atoms with van der Waals surface area (Å²) in [5, 5.41) is 3.41. The van der Waals surface area contributed by atoms with Crippen molar-refractivity contribution in [1.82, 2.24) is 10.2 Å². The molecule has 0 unspecified atom stereocenters. The van der Waals surface area contributed by atoms with Crippen LogP contribution in [0.5, 0.6) is 0 Å². The number of thiocarbonyl (C=S) groups is 1. The average Bonchev–Trinajstić information content (AvgIpc) is 2.71. The Labute approximate surface area is 128 Å². The van der Waals surface area contributed by atoms with Crippen LogP contribution in [-0.4, -0.2) is 67.6 Å². The van der Waals surface area contributed by atoms with E-state index in [-0.39, 0.29) is 30.5 Å². The Hall–Kier alpha value is 1.04. The Bertz CT molecular complexity index is 189. The first-order valence-electron chi connectivity index (χ1n) is 5.63. The van der Waals surface area contributed by atoms with Crippen molar-refractivity contribution in [3.8, 4) is 0 Å². The number of thiol groups is 1. The summed E-state index contributed by atoms with van der Waals surface area (Å²) in [4.78, 5) is 2.68. The van der Waals surface area contributed by atoms with Gasteiger partial charge in [0.25, 0.3) is 0 Å². The second-order valence-electron chi connectivity index (χ2n) is 4.06. The molecular formula is C10H24BiN3S2. The molecule has 0 spiro atoms. The molecule has 3 N–H and O–H groups in total. The van der Waals surface area contributed by atoms with Gasteiger partial charge in [-0.3, -0.25) is 0 Å². The Morgan fingerprint density at radius 1 is 1.25 bits per heavy atom. The molecule has 0 aromatic rings. The molecule has 0 aliphatic carbocycles. The van der Waals surface area contributed by atoms with E-state index in [0.29, 0.717) is 0 Å². The van der Waals surface area contributed by atoms with Crippen molar-refractivity contribution in [1.29, 1.82) is 0 Å². The molecule has 2 rings (SSSR count). The van der Waals surface area contributed by atoms with Crippen LogP contribution in [0.3, 0.4) is 0 Å². The third-order valence-electron chi connectivity index (χ3n) is 2.97. The molecular weight excluding hydrogens is 435 g/mol. The van der Waals surface area contributed by atoms with Crippen LogP contribution in [0.15, 0.2) is 0 Å². The van der Waals surface area contributed by atoms with Crippen molar-refractivity contribution in [3.63, 3.8) is 0 Å². The summed E-state index contributed by atoms with van der Waals surface area (Å²) in [6.07, 6.45) is 5.62. The van der Waals surface area contributed by atoms with Crippen LogP contribution in [0.1, 0.15) is 25.7 Å². The Morgan fingerprint density at radius 2 is 1.69 bits per heavy atom. The van der Waals surface area contributed by atoms with Crippen LogP contribution in [0, 0.1) is 0 Å². The van der Waals surface area contributed by atoms with Crippen LogP contribution in [0.2, 0.25) is 0 Å². The molecule has 96 valence electrons. The standard InChI is InChI=1S/C9H18N2.CH3NS2.Bi.3H/c1-2-8-11(7-1)9-3-5-10-6-4-9;2-1(3)4;;;;/h9-10H,1-8H2;(H3,2,3,4);;;;. The molecule has 0 aromatic carbocycles. The summed E-state index contributed by atoms with van der Waals surface area (Å²) in [6.45, 7) is 5.21. The second kappa shape index (κ2) is 10.0. The van der Waals surface area contributed by atoms with Gasteiger partial charge in [-0.1, -0.05) is 12.2 Å². The van der Waals surface area contributed by atoms with E-state index >= 15 is 0 Å². The van der Waals surface area contributed by atoms with Gasteiger partial charge in [-0.25, -0.2) is 0 Å². The Kier molecular flexibility index (Phi) is 10.7. The Morgan fingerprint density at radius 3 is 2.12 bits per heavy atom. The number of likely N-dealkylation sites (tertiary alicyclic amines) is 1. The summed E-state index contributed by atoms with van der Waals surface area (Å²) >= 11 is 7.65. The molecule has 16 heavy (non-hydrogen) atoms. The van der Waals surface area contributed by atoms with E-state index in [1.54, 1.807) is 0 Å². The number of nitrogens with zero attached hydrogens (tertiary/aromatic N) is 1. The first-order chi connectivity index (χ1) is 7.20. The van der Waals surface area contributed by atoms with Gasteiger partial charge in [-0.05, 0) is 51.9 Å². The van der Waals surface area contributed by atoms with Crippen molar-refractivity contribution < 1.29 is 0 Å². The zero-order valence-corrected chi connectivity index (χ0v) is 17.0. The fourth-order valence-corrected chi connectivity index (χ4v) is 2.28. The first kappa shape index (κ1) is 17.0. The zero-order valence-electron chi connectivity index (χ0n) is 9.82. The molecule has 6 heteroatoms. The summed E-state index contributed by atoms with van der Waals surface area (Å²) in [5.41, 5.74) is 4.71. The number of nitrogens with two attached hydrogens (primary N) is 1. The topological polar surface area (TPSA) is 41.3 Å². The van der Waals surface area contributed by atoms with Gasteiger partial charge in [0, 0.05) is 6.04 Å². The van der Waals surface area contributed by atoms with Crippen LogP contribution >= 0.6 is 24.8 Å². The molecule has 0 atom stereocenters. The molecule has 2 heterocycles. The van der Waals surface area contributed by atoms with E-state index in [0.717, 1.165) is 6.04 Å². The third-order valence-corrected chi connectivity index (χ3v) is 2.97. The average molecular weight is 459 g/mol. The molecule has 0 radical (unpaired) electrons. The quantitative estimate of drug-likeness (QED) is 0.289. The van der Waals surface area contributed by atoms with E-state index in [1.165, 1.54) is 51.9 Å². The summed E-state index contributed by atoms with van der Waals surface area (Å²) < 4.78 is 0.194. The van der Waals surface area contributed by atoms with E-state index in [4.69, 9.17) is 5.73 Å². The van der Waals surface area contributed by atoms with E-state index in [9.17, 15) is 0 Å². The monoisotopic (exact) mass is 459 g/mol. The van der Waals surface area contributed by atoms with Gasteiger partial charge in [-0.15, -0.1) is 12.6 Å². The van der Waals surface area contributed by atoms with Crippen LogP contribution in [0.25, 0.3) is 0 Å². The molecule has 0 bridgehead atoms. The fourth-order valence-electron chi connectivity index (χ4n) is 2.28. The SMILES string of the molecule is C1CCN(C2CCNCC2)C1.NC(=S)S.[BiH3]. The van der Waals surface area contributed by atoms with Crippen LogP contribution in [-0.2, 0) is 0 Å².